The molecule has 2 aromatic heterocycles. The monoisotopic (exact) mass is 532 g/mol. The number of hydrogen-bond donors (Lipinski definition) is 1. The third-order valence-corrected chi connectivity index (χ3v) is 7.77. The van der Waals surface area contributed by atoms with E-state index >= 15 is 0 Å². The Bertz CT molecular complexity index is 1230. The van der Waals surface area contributed by atoms with Crippen LogP contribution in [0.5, 0.6) is 0 Å². The maximum atomic E-state index is 13.0. The molecule has 194 valence electrons. The Labute approximate surface area is 219 Å². The van der Waals surface area contributed by atoms with Crippen LogP contribution in [0.2, 0.25) is 0 Å². The van der Waals surface area contributed by atoms with Crippen molar-refractivity contribution in [1.29, 1.82) is 0 Å². The van der Waals surface area contributed by atoms with Crippen LogP contribution in [0.3, 0.4) is 0 Å². The number of para-hydroxylation sites is 2. The summed E-state index contributed by atoms with van der Waals surface area (Å²) in [6.45, 7) is 9.62. The lowest BCUT2D eigenvalue weighted by atomic mass is 10.1. The van der Waals surface area contributed by atoms with Crippen molar-refractivity contribution in [3.05, 3.63) is 40.3 Å². The normalized spacial score (nSPS) is 11.0. The van der Waals surface area contributed by atoms with Gasteiger partial charge in [0.15, 0.2) is 5.16 Å². The molecule has 0 fully saturated rings. The number of hydrogen-bond acceptors (Lipinski definition) is 8. The number of amides is 2. The average Bonchev–Trinajstić information content (AvgIpc) is 3.38. The van der Waals surface area contributed by atoms with Crippen LogP contribution in [0.15, 0.2) is 29.4 Å². The molecule has 0 saturated heterocycles. The molecule has 0 unspecified atom stereocenters. The lowest BCUT2D eigenvalue weighted by molar-refractivity contribution is -0.113. The first kappa shape index (κ1) is 27.7. The predicted molar refractivity (Wildman–Crippen MR) is 143 cm³/mol. The molecule has 1 N–H and O–H groups in total. The highest BCUT2D eigenvalue weighted by Gasteiger charge is 2.28. The number of fused-ring (bicyclic) bond motifs is 1. The molecule has 0 spiro atoms. The van der Waals surface area contributed by atoms with E-state index in [1.165, 1.54) is 11.8 Å². The van der Waals surface area contributed by atoms with E-state index in [0.717, 1.165) is 22.4 Å². The Balaban J connectivity index is 1.83. The molecule has 2 amide bonds. The van der Waals surface area contributed by atoms with Gasteiger partial charge in [0, 0.05) is 26.7 Å². The SMILES string of the molecule is CCOC(=O)c1c(NC(=O)CSc2nc3ccccc3n2CCOC)sc(C(=O)N(CC)CC)c1C. The number of methoxy groups -OCH3 is 1. The zero-order chi connectivity index (χ0) is 26.2. The van der Waals surface area contributed by atoms with Crippen LogP contribution in [-0.2, 0) is 20.8 Å². The summed E-state index contributed by atoms with van der Waals surface area (Å²) in [4.78, 5) is 45.5. The molecule has 2 heterocycles. The van der Waals surface area contributed by atoms with Crippen LogP contribution >= 0.6 is 23.1 Å². The summed E-state index contributed by atoms with van der Waals surface area (Å²) in [6, 6.07) is 7.78. The molecule has 0 aliphatic rings. The molecule has 0 saturated carbocycles. The quantitative estimate of drug-likeness (QED) is 0.272. The highest BCUT2D eigenvalue weighted by Crippen LogP contribution is 2.35. The first-order chi connectivity index (χ1) is 17.4. The minimum absolute atomic E-state index is 0.0782. The minimum atomic E-state index is -0.561. The van der Waals surface area contributed by atoms with Gasteiger partial charge in [-0.25, -0.2) is 9.78 Å². The molecule has 3 aromatic rings. The first-order valence-corrected chi connectivity index (χ1v) is 13.6. The molecule has 0 aliphatic heterocycles. The second kappa shape index (κ2) is 12.9. The van der Waals surface area contributed by atoms with E-state index in [-0.39, 0.29) is 29.7 Å². The number of ether oxygens (including phenoxy) is 2. The summed E-state index contributed by atoms with van der Waals surface area (Å²) in [7, 11) is 1.64. The molecule has 9 nitrogen and oxygen atoms in total. The van der Waals surface area contributed by atoms with Crippen LogP contribution in [-0.4, -0.2) is 71.4 Å². The molecule has 1 aromatic carbocycles. The van der Waals surface area contributed by atoms with E-state index in [1.807, 2.05) is 42.7 Å². The van der Waals surface area contributed by atoms with E-state index in [2.05, 4.69) is 10.3 Å². The number of anilines is 1. The number of carbonyl (C=O) groups excluding carboxylic acids is 3. The fourth-order valence-electron chi connectivity index (χ4n) is 3.76. The van der Waals surface area contributed by atoms with Gasteiger partial charge in [0.1, 0.15) is 5.00 Å². The Morgan fingerprint density at radius 3 is 2.56 bits per heavy atom. The van der Waals surface area contributed by atoms with Crippen molar-refractivity contribution in [3.8, 4) is 0 Å². The number of esters is 1. The zero-order valence-corrected chi connectivity index (χ0v) is 22.9. The summed E-state index contributed by atoms with van der Waals surface area (Å²) < 4.78 is 12.5. The zero-order valence-electron chi connectivity index (χ0n) is 21.3. The fourth-order valence-corrected chi connectivity index (χ4v) is 5.78. The fraction of sp³-hybridized carbons (Fsp3) is 0.440. The summed E-state index contributed by atoms with van der Waals surface area (Å²) in [5, 5.41) is 3.85. The van der Waals surface area contributed by atoms with Crippen LogP contribution < -0.4 is 5.32 Å². The summed E-state index contributed by atoms with van der Waals surface area (Å²) in [5.41, 5.74) is 2.55. The first-order valence-electron chi connectivity index (χ1n) is 11.8. The standard InChI is InChI=1S/C25H32N4O5S2/c1-6-28(7-2)23(31)21-16(4)20(24(32)34-8-3)22(36-21)27-19(30)15-35-25-26-17-11-9-10-12-18(17)29(25)13-14-33-5/h9-12H,6-8,13-15H2,1-5H3,(H,27,30). The van der Waals surface area contributed by atoms with E-state index in [9.17, 15) is 14.4 Å². The number of carbonyl (C=O) groups is 3. The minimum Gasteiger partial charge on any atom is -0.462 e. The lowest BCUT2D eigenvalue weighted by Crippen LogP contribution is -2.30. The van der Waals surface area contributed by atoms with Crippen LogP contribution in [0.1, 0.15) is 46.4 Å². The largest absolute Gasteiger partial charge is 0.462 e. The van der Waals surface area contributed by atoms with Gasteiger partial charge < -0.3 is 24.3 Å². The van der Waals surface area contributed by atoms with Crippen molar-refractivity contribution in [2.24, 2.45) is 0 Å². The maximum Gasteiger partial charge on any atom is 0.341 e. The molecule has 0 atom stereocenters. The van der Waals surface area contributed by atoms with Gasteiger partial charge in [0.05, 0.1) is 40.4 Å². The van der Waals surface area contributed by atoms with Gasteiger partial charge in [-0.15, -0.1) is 11.3 Å². The van der Waals surface area contributed by atoms with Crippen LogP contribution in [0.25, 0.3) is 11.0 Å². The molecular weight excluding hydrogens is 500 g/mol. The number of nitrogens with zero attached hydrogens (tertiary/aromatic N) is 3. The lowest BCUT2D eigenvalue weighted by Gasteiger charge is -2.18. The van der Waals surface area contributed by atoms with Crippen molar-refractivity contribution in [1.82, 2.24) is 14.5 Å². The third-order valence-electron chi connectivity index (χ3n) is 5.60. The Morgan fingerprint density at radius 2 is 1.89 bits per heavy atom. The molecule has 0 radical (unpaired) electrons. The number of thiophene rings is 1. The van der Waals surface area contributed by atoms with E-state index in [1.54, 1.807) is 25.9 Å². The highest BCUT2D eigenvalue weighted by atomic mass is 32.2. The number of rotatable bonds is 12. The number of nitrogens with one attached hydrogen (secondary N) is 1. The molecular formula is C25H32N4O5S2. The van der Waals surface area contributed by atoms with Gasteiger partial charge in [-0.2, -0.15) is 0 Å². The summed E-state index contributed by atoms with van der Waals surface area (Å²) >= 11 is 2.41. The topological polar surface area (TPSA) is 103 Å². The van der Waals surface area contributed by atoms with Crippen molar-refractivity contribution < 1.29 is 23.9 Å². The van der Waals surface area contributed by atoms with E-state index in [4.69, 9.17) is 9.47 Å². The second-order valence-electron chi connectivity index (χ2n) is 7.82. The van der Waals surface area contributed by atoms with Gasteiger partial charge >= 0.3 is 5.97 Å². The van der Waals surface area contributed by atoms with Crippen molar-refractivity contribution in [2.45, 2.75) is 39.4 Å². The van der Waals surface area contributed by atoms with Gasteiger partial charge in [0.2, 0.25) is 5.91 Å². The molecule has 11 heteroatoms. The molecule has 3 rings (SSSR count). The summed E-state index contributed by atoms with van der Waals surface area (Å²) in [6.07, 6.45) is 0. The van der Waals surface area contributed by atoms with Crippen molar-refractivity contribution in [2.75, 3.05) is 44.5 Å². The van der Waals surface area contributed by atoms with Crippen molar-refractivity contribution in [3.63, 3.8) is 0 Å². The Kier molecular flexibility index (Phi) is 9.91. The van der Waals surface area contributed by atoms with E-state index < -0.39 is 5.97 Å². The number of benzene rings is 1. The molecule has 0 aliphatic carbocycles. The van der Waals surface area contributed by atoms with Crippen LogP contribution in [0, 0.1) is 6.92 Å². The van der Waals surface area contributed by atoms with Gasteiger partial charge in [-0.3, -0.25) is 9.59 Å². The smallest absolute Gasteiger partial charge is 0.341 e. The van der Waals surface area contributed by atoms with Crippen molar-refractivity contribution >= 4 is 56.9 Å². The van der Waals surface area contributed by atoms with Gasteiger partial charge in [-0.1, -0.05) is 23.9 Å². The second-order valence-corrected chi connectivity index (χ2v) is 9.79. The Morgan fingerprint density at radius 1 is 1.17 bits per heavy atom. The predicted octanol–water partition coefficient (Wildman–Crippen LogP) is 4.44. The number of imidazole rings is 1. The number of thioether (sulfide) groups is 1. The third kappa shape index (κ3) is 6.08. The van der Waals surface area contributed by atoms with Crippen LogP contribution in [0.4, 0.5) is 5.00 Å². The Hall–Kier alpha value is -2.89. The van der Waals surface area contributed by atoms with Gasteiger partial charge in [-0.05, 0) is 45.4 Å². The number of aromatic nitrogens is 2. The maximum absolute atomic E-state index is 13.0. The highest BCUT2D eigenvalue weighted by molar-refractivity contribution is 7.99. The average molecular weight is 533 g/mol. The molecule has 36 heavy (non-hydrogen) atoms. The molecule has 0 bridgehead atoms. The van der Waals surface area contributed by atoms with E-state index in [0.29, 0.717) is 46.8 Å². The summed E-state index contributed by atoms with van der Waals surface area (Å²) in [5.74, 6) is -0.961. The van der Waals surface area contributed by atoms with Gasteiger partial charge in [0.25, 0.3) is 5.91 Å².